The van der Waals surface area contributed by atoms with Gasteiger partial charge in [-0.25, -0.2) is 14.6 Å². The van der Waals surface area contributed by atoms with Gasteiger partial charge < -0.3 is 25.9 Å². The first-order chi connectivity index (χ1) is 18.9. The fraction of sp³-hybridized carbons (Fsp3) is 0.409. The van der Waals surface area contributed by atoms with Crippen molar-refractivity contribution in [3.8, 4) is 0 Å². The molecule has 3 amide bonds. The molecule has 3 aliphatic heterocycles. The molecular formula is C22H19F3N6O7S2. The van der Waals surface area contributed by atoms with E-state index < -0.39 is 52.8 Å². The average Bonchev–Trinajstić information content (AvgIpc) is 3.55. The lowest BCUT2D eigenvalue weighted by atomic mass is 10.0. The number of allylic oxidation sites excluding steroid dienone is 1. The van der Waals surface area contributed by atoms with E-state index in [1.54, 1.807) is 4.90 Å². The van der Waals surface area contributed by atoms with Crippen LogP contribution in [0.2, 0.25) is 0 Å². The number of thioether (sulfide) groups is 1. The molecule has 2 atom stereocenters. The number of thiazole rings is 1. The molecule has 40 heavy (non-hydrogen) atoms. The maximum absolute atomic E-state index is 13.1. The highest BCUT2D eigenvalue weighted by Gasteiger charge is 2.55. The summed E-state index contributed by atoms with van der Waals surface area (Å²) in [7, 11) is 0. The van der Waals surface area contributed by atoms with E-state index in [1.165, 1.54) is 11.5 Å². The number of hydrogen-bond donors (Lipinski definition) is 3. The molecule has 4 heterocycles. The van der Waals surface area contributed by atoms with Crippen LogP contribution in [-0.4, -0.2) is 91.3 Å². The van der Waals surface area contributed by atoms with Crippen molar-refractivity contribution in [1.29, 1.82) is 0 Å². The zero-order valence-corrected chi connectivity index (χ0v) is 21.8. The van der Waals surface area contributed by atoms with Gasteiger partial charge in [-0.15, -0.1) is 23.1 Å². The molecule has 1 saturated carbocycles. The van der Waals surface area contributed by atoms with Gasteiger partial charge in [0, 0.05) is 29.3 Å². The average molecular weight is 601 g/mol. The predicted molar refractivity (Wildman–Crippen MR) is 131 cm³/mol. The van der Waals surface area contributed by atoms with E-state index in [9.17, 15) is 42.4 Å². The van der Waals surface area contributed by atoms with Gasteiger partial charge in [0.05, 0.1) is 0 Å². The SMILES string of the molecule is Nc1nc(/C(=N/O)C(=O)N[C@@H]2C(=O)N3C(C(=O)OC(=O)C(F)(F)F)=C(C=C4CCN(C5CC5)C4=O)CS[C@H]23)cs1. The molecule has 212 valence electrons. The molecular weight excluding hydrogens is 581 g/mol. The van der Waals surface area contributed by atoms with E-state index in [1.807, 2.05) is 0 Å². The number of nitrogens with two attached hydrogens (primary N) is 1. The van der Waals surface area contributed by atoms with Crippen LogP contribution in [0.3, 0.4) is 0 Å². The van der Waals surface area contributed by atoms with Crippen molar-refractivity contribution in [2.75, 3.05) is 18.0 Å². The molecule has 0 aromatic carbocycles. The zero-order chi connectivity index (χ0) is 28.9. The molecule has 4 N–H and O–H groups in total. The number of esters is 2. The highest BCUT2D eigenvalue weighted by molar-refractivity contribution is 8.00. The van der Waals surface area contributed by atoms with Gasteiger partial charge in [-0.2, -0.15) is 13.2 Å². The fourth-order valence-corrected chi connectivity index (χ4v) is 6.32. The standard InChI is InChI=1S/C22H19F3N6O7S2/c23-22(24,25)20(36)38-19(35)14-9(5-8-3-4-30(16(8)33)10-1-2-10)6-39-18-13(17(34)31(14)18)28-15(32)12(29-37)11-7-40-21(26)27-11/h5,7,10,13,18,37H,1-4,6H2,(H2,26,27)(H,28,32)/b8-5?,29-12-/t13-,18-/m1/s1. The maximum atomic E-state index is 13.1. The van der Waals surface area contributed by atoms with Gasteiger partial charge >= 0.3 is 18.1 Å². The van der Waals surface area contributed by atoms with Crippen molar-refractivity contribution in [1.82, 2.24) is 20.1 Å². The van der Waals surface area contributed by atoms with Crippen LogP contribution in [0, 0.1) is 0 Å². The van der Waals surface area contributed by atoms with Crippen molar-refractivity contribution in [2.45, 2.75) is 42.9 Å². The van der Waals surface area contributed by atoms with Gasteiger partial charge in [0.2, 0.25) is 5.91 Å². The van der Waals surface area contributed by atoms with Gasteiger partial charge in [0.25, 0.3) is 11.8 Å². The Balaban J connectivity index is 1.41. The zero-order valence-electron chi connectivity index (χ0n) is 20.1. The van der Waals surface area contributed by atoms with Crippen LogP contribution in [0.5, 0.6) is 0 Å². The van der Waals surface area contributed by atoms with Crippen LogP contribution in [0.15, 0.2) is 33.5 Å². The Hall–Kier alpha value is -3.93. The second-order valence-corrected chi connectivity index (χ2v) is 11.1. The van der Waals surface area contributed by atoms with Gasteiger partial charge in [-0.05, 0) is 30.9 Å². The number of rotatable bonds is 6. The lowest BCUT2D eigenvalue weighted by Crippen LogP contribution is -2.71. The molecule has 3 fully saturated rings. The van der Waals surface area contributed by atoms with Gasteiger partial charge in [-0.1, -0.05) is 5.16 Å². The number of likely N-dealkylation sites (tertiary alicyclic amines) is 1. The number of fused-ring (bicyclic) bond motifs is 1. The maximum Gasteiger partial charge on any atom is 0.491 e. The number of alkyl halides is 3. The smallest absolute Gasteiger partial charge is 0.410 e. The summed E-state index contributed by atoms with van der Waals surface area (Å²) in [5, 5.41) is 15.0. The summed E-state index contributed by atoms with van der Waals surface area (Å²) in [6, 6.07) is -1.15. The first kappa shape index (κ1) is 27.6. The van der Waals surface area contributed by atoms with E-state index in [2.05, 4.69) is 20.2 Å². The Morgan fingerprint density at radius 1 is 1.27 bits per heavy atom. The molecule has 0 unspecified atom stereocenters. The summed E-state index contributed by atoms with van der Waals surface area (Å²) in [6.07, 6.45) is -2.08. The van der Waals surface area contributed by atoms with E-state index in [4.69, 9.17) is 5.73 Å². The summed E-state index contributed by atoms with van der Waals surface area (Å²) in [5.74, 6) is -6.74. The Kier molecular flexibility index (Phi) is 7.07. The number of nitrogen functional groups attached to an aromatic ring is 1. The Bertz CT molecular complexity index is 1420. The van der Waals surface area contributed by atoms with Crippen LogP contribution in [0.4, 0.5) is 18.3 Å². The molecule has 0 radical (unpaired) electrons. The number of oxime groups is 1. The van der Waals surface area contributed by atoms with Crippen LogP contribution in [-0.2, 0) is 28.7 Å². The molecule has 4 aliphatic rings. The second kappa shape index (κ2) is 10.2. The quantitative estimate of drug-likeness (QED) is 0.0791. The van der Waals surface area contributed by atoms with E-state index in [0.717, 1.165) is 40.8 Å². The molecule has 1 aliphatic carbocycles. The van der Waals surface area contributed by atoms with Crippen molar-refractivity contribution in [3.63, 3.8) is 0 Å². The summed E-state index contributed by atoms with van der Waals surface area (Å²) >= 11 is 2.02. The van der Waals surface area contributed by atoms with Crippen LogP contribution < -0.4 is 11.1 Å². The molecule has 2 saturated heterocycles. The van der Waals surface area contributed by atoms with Crippen molar-refractivity contribution in [2.24, 2.45) is 5.16 Å². The number of carbonyl (C=O) groups is 5. The monoisotopic (exact) mass is 600 g/mol. The number of amides is 3. The fourth-order valence-electron chi connectivity index (χ4n) is 4.47. The number of halogens is 3. The van der Waals surface area contributed by atoms with Crippen LogP contribution in [0.1, 0.15) is 25.0 Å². The number of nitrogens with one attached hydrogen (secondary N) is 1. The minimum atomic E-state index is -5.47. The number of carbonyl (C=O) groups excluding carboxylic acids is 5. The Morgan fingerprint density at radius 2 is 2.00 bits per heavy atom. The summed E-state index contributed by atoms with van der Waals surface area (Å²) in [5.41, 5.74) is 4.62. The minimum Gasteiger partial charge on any atom is -0.410 e. The van der Waals surface area contributed by atoms with E-state index >= 15 is 0 Å². The van der Waals surface area contributed by atoms with Crippen LogP contribution >= 0.6 is 23.1 Å². The van der Waals surface area contributed by atoms with Crippen molar-refractivity contribution >= 4 is 63.6 Å². The third-order valence-electron chi connectivity index (χ3n) is 6.47. The van der Waals surface area contributed by atoms with Gasteiger partial charge in [0.15, 0.2) is 10.8 Å². The third kappa shape index (κ3) is 5.03. The highest BCUT2D eigenvalue weighted by atomic mass is 32.2. The minimum absolute atomic E-state index is 0.0240. The Morgan fingerprint density at radius 3 is 2.60 bits per heavy atom. The first-order valence-electron chi connectivity index (χ1n) is 11.7. The van der Waals surface area contributed by atoms with Crippen molar-refractivity contribution < 1.29 is 47.1 Å². The second-order valence-electron chi connectivity index (χ2n) is 9.08. The molecule has 18 heteroatoms. The van der Waals surface area contributed by atoms with Crippen molar-refractivity contribution in [3.05, 3.63) is 34.0 Å². The van der Waals surface area contributed by atoms with E-state index in [-0.39, 0.29) is 34.1 Å². The largest absolute Gasteiger partial charge is 0.491 e. The molecule has 5 rings (SSSR count). The summed E-state index contributed by atoms with van der Waals surface area (Å²) in [4.78, 5) is 69.2. The molecule has 1 aromatic heterocycles. The number of aromatic nitrogens is 1. The normalized spacial score (nSPS) is 24.3. The van der Waals surface area contributed by atoms with Gasteiger partial charge in [-0.3, -0.25) is 19.3 Å². The number of anilines is 1. The number of nitrogens with zero attached hydrogens (tertiary/aromatic N) is 4. The predicted octanol–water partition coefficient (Wildman–Crippen LogP) is 0.511. The molecule has 1 aromatic rings. The number of β-lactam (4-membered cyclic amide) rings is 1. The summed E-state index contributed by atoms with van der Waals surface area (Å²) in [6.45, 7) is 0.445. The highest BCUT2D eigenvalue weighted by Crippen LogP contribution is 2.42. The number of ether oxygens (including phenoxy) is 1. The topological polar surface area (TPSA) is 185 Å². The lowest BCUT2D eigenvalue weighted by molar-refractivity contribution is -0.201. The number of hydrogen-bond acceptors (Lipinski definition) is 12. The van der Waals surface area contributed by atoms with E-state index in [0.29, 0.717) is 18.5 Å². The Labute approximate surface area is 230 Å². The molecule has 0 bridgehead atoms. The third-order valence-corrected chi connectivity index (χ3v) is 8.44. The summed E-state index contributed by atoms with van der Waals surface area (Å²) < 4.78 is 42.5. The molecule has 0 spiro atoms. The van der Waals surface area contributed by atoms with Crippen LogP contribution in [0.25, 0.3) is 0 Å². The lowest BCUT2D eigenvalue weighted by Gasteiger charge is -2.49. The van der Waals surface area contributed by atoms with Gasteiger partial charge in [0.1, 0.15) is 22.8 Å². The molecule has 13 nitrogen and oxygen atoms in total. The first-order valence-corrected chi connectivity index (χ1v) is 13.6.